The number of hydrogen-bond acceptors (Lipinski definition) is 2. The van der Waals surface area contributed by atoms with Gasteiger partial charge in [-0.25, -0.2) is 4.98 Å². The minimum absolute atomic E-state index is 0.393. The molecule has 1 aromatic rings. The van der Waals surface area contributed by atoms with Gasteiger partial charge >= 0.3 is 0 Å². The van der Waals surface area contributed by atoms with Crippen LogP contribution in [-0.4, -0.2) is 15.4 Å². The van der Waals surface area contributed by atoms with Crippen LogP contribution in [0.4, 0.5) is 0 Å². The number of nitrogens with zero attached hydrogens (tertiary/aromatic N) is 1. The van der Waals surface area contributed by atoms with Crippen molar-refractivity contribution < 1.29 is 5.11 Å². The summed E-state index contributed by atoms with van der Waals surface area (Å²) in [5.41, 5.74) is 2.56. The Morgan fingerprint density at radius 1 is 1.62 bits per heavy atom. The van der Waals surface area contributed by atoms with Crippen LogP contribution in [0.15, 0.2) is 6.07 Å². The Kier molecular flexibility index (Phi) is 3.71. The summed E-state index contributed by atoms with van der Waals surface area (Å²) < 4.78 is 0. The molecular formula is C9H11BrClNO. The largest absolute Gasteiger partial charge is 0.387 e. The summed E-state index contributed by atoms with van der Waals surface area (Å²) in [6.45, 7) is 3.80. The average molecular weight is 265 g/mol. The van der Waals surface area contributed by atoms with E-state index in [1.165, 1.54) is 0 Å². The van der Waals surface area contributed by atoms with Gasteiger partial charge in [0.15, 0.2) is 0 Å². The van der Waals surface area contributed by atoms with Crippen molar-refractivity contribution in [1.82, 2.24) is 4.98 Å². The van der Waals surface area contributed by atoms with Crippen LogP contribution in [0.3, 0.4) is 0 Å². The predicted molar refractivity (Wildman–Crippen MR) is 57.5 cm³/mol. The van der Waals surface area contributed by atoms with Crippen molar-refractivity contribution in [1.29, 1.82) is 0 Å². The normalized spacial score (nSPS) is 13.0. The molecule has 1 atom stereocenters. The van der Waals surface area contributed by atoms with Crippen LogP contribution in [0.1, 0.15) is 22.9 Å². The number of aliphatic hydroxyl groups excluding tert-OH is 1. The number of hydrogen-bond donors (Lipinski definition) is 1. The molecule has 1 aromatic heterocycles. The molecule has 72 valence electrons. The first-order chi connectivity index (χ1) is 6.06. The molecule has 0 radical (unpaired) electrons. The Hall–Kier alpha value is -0.120. The number of pyridine rings is 1. The Morgan fingerprint density at radius 2 is 2.23 bits per heavy atom. The second kappa shape index (κ2) is 4.40. The maximum absolute atomic E-state index is 9.61. The molecule has 0 bridgehead atoms. The molecule has 1 unspecified atom stereocenters. The number of aryl methyl sites for hydroxylation is 2. The van der Waals surface area contributed by atoms with Gasteiger partial charge in [-0.2, -0.15) is 0 Å². The molecule has 2 nitrogen and oxygen atoms in total. The number of halogens is 2. The quantitative estimate of drug-likeness (QED) is 0.658. The summed E-state index contributed by atoms with van der Waals surface area (Å²) in [6.07, 6.45) is -0.583. The molecule has 0 saturated heterocycles. The third kappa shape index (κ3) is 2.42. The van der Waals surface area contributed by atoms with Crippen molar-refractivity contribution in [2.45, 2.75) is 20.0 Å². The van der Waals surface area contributed by atoms with Crippen molar-refractivity contribution in [2.24, 2.45) is 0 Å². The molecule has 1 N–H and O–H groups in total. The van der Waals surface area contributed by atoms with E-state index in [0.29, 0.717) is 16.0 Å². The zero-order valence-corrected chi connectivity index (χ0v) is 9.85. The summed E-state index contributed by atoms with van der Waals surface area (Å²) >= 11 is 9.12. The van der Waals surface area contributed by atoms with E-state index in [9.17, 15) is 5.11 Å². The molecule has 0 amide bonds. The fourth-order valence-electron chi connectivity index (χ4n) is 1.28. The van der Waals surface area contributed by atoms with Crippen LogP contribution < -0.4 is 0 Å². The number of rotatable bonds is 2. The molecule has 0 fully saturated rings. The minimum Gasteiger partial charge on any atom is -0.387 e. The third-order valence-corrected chi connectivity index (χ3v) is 2.73. The molecule has 0 aliphatic rings. The van der Waals surface area contributed by atoms with Crippen molar-refractivity contribution in [3.05, 3.63) is 28.0 Å². The first-order valence-electron chi connectivity index (χ1n) is 3.94. The van der Waals surface area contributed by atoms with E-state index in [2.05, 4.69) is 20.9 Å². The molecular weight excluding hydrogens is 253 g/mol. The topological polar surface area (TPSA) is 33.1 Å². The second-order valence-electron chi connectivity index (χ2n) is 2.96. The maximum atomic E-state index is 9.61. The third-order valence-electron chi connectivity index (χ3n) is 1.83. The second-order valence-corrected chi connectivity index (χ2v) is 3.96. The highest BCUT2D eigenvalue weighted by Crippen LogP contribution is 2.26. The summed E-state index contributed by atoms with van der Waals surface area (Å²) in [5.74, 6) is 0. The van der Waals surface area contributed by atoms with Gasteiger partial charge in [0.05, 0.1) is 6.10 Å². The van der Waals surface area contributed by atoms with Gasteiger partial charge in [-0.3, -0.25) is 0 Å². The van der Waals surface area contributed by atoms with E-state index in [1.54, 1.807) is 0 Å². The molecule has 1 heterocycles. The van der Waals surface area contributed by atoms with E-state index in [-0.39, 0.29) is 0 Å². The van der Waals surface area contributed by atoms with E-state index in [0.717, 1.165) is 11.3 Å². The van der Waals surface area contributed by atoms with E-state index >= 15 is 0 Å². The lowest BCUT2D eigenvalue weighted by Crippen LogP contribution is -2.04. The van der Waals surface area contributed by atoms with Crippen LogP contribution in [0, 0.1) is 13.8 Å². The highest BCUT2D eigenvalue weighted by molar-refractivity contribution is 9.09. The number of aromatic nitrogens is 1. The van der Waals surface area contributed by atoms with E-state index in [1.807, 2.05) is 19.9 Å². The summed E-state index contributed by atoms with van der Waals surface area (Å²) in [4.78, 5) is 4.09. The van der Waals surface area contributed by atoms with E-state index < -0.39 is 6.10 Å². The van der Waals surface area contributed by atoms with E-state index in [4.69, 9.17) is 11.6 Å². The highest BCUT2D eigenvalue weighted by atomic mass is 79.9. The van der Waals surface area contributed by atoms with Crippen molar-refractivity contribution >= 4 is 27.5 Å². The van der Waals surface area contributed by atoms with Crippen LogP contribution in [0.25, 0.3) is 0 Å². The fraction of sp³-hybridized carbons (Fsp3) is 0.444. The molecule has 0 spiro atoms. The van der Waals surface area contributed by atoms with Crippen LogP contribution in [0.5, 0.6) is 0 Å². The van der Waals surface area contributed by atoms with Crippen molar-refractivity contribution in [3.8, 4) is 0 Å². The van der Waals surface area contributed by atoms with Gasteiger partial charge in [0, 0.05) is 16.6 Å². The highest BCUT2D eigenvalue weighted by Gasteiger charge is 2.14. The van der Waals surface area contributed by atoms with Crippen LogP contribution in [0.2, 0.25) is 5.15 Å². The lowest BCUT2D eigenvalue weighted by molar-refractivity contribution is 0.204. The molecule has 0 aromatic carbocycles. The Balaban J connectivity index is 3.20. The van der Waals surface area contributed by atoms with Crippen molar-refractivity contribution in [3.63, 3.8) is 0 Å². The van der Waals surface area contributed by atoms with Crippen LogP contribution >= 0.6 is 27.5 Å². The molecule has 4 heteroatoms. The molecule has 0 aliphatic heterocycles. The fourth-order valence-corrected chi connectivity index (χ4v) is 2.01. The molecule has 1 rings (SSSR count). The number of aliphatic hydroxyl groups is 1. The van der Waals surface area contributed by atoms with Crippen LogP contribution in [-0.2, 0) is 0 Å². The predicted octanol–water partition coefficient (Wildman–Crippen LogP) is 2.78. The van der Waals surface area contributed by atoms with Crippen molar-refractivity contribution in [2.75, 3.05) is 5.33 Å². The first-order valence-corrected chi connectivity index (χ1v) is 5.44. The molecule has 13 heavy (non-hydrogen) atoms. The Bertz CT molecular complexity index is 293. The van der Waals surface area contributed by atoms with Gasteiger partial charge in [0.1, 0.15) is 5.15 Å². The summed E-state index contributed by atoms with van der Waals surface area (Å²) in [7, 11) is 0. The molecule has 0 saturated carbocycles. The smallest absolute Gasteiger partial charge is 0.135 e. The standard InChI is InChI=1S/C9H11BrClNO/c1-5-3-6(2)12-9(11)8(5)7(13)4-10/h3,7,13H,4H2,1-2H3. The van der Waals surface area contributed by atoms with Gasteiger partial charge in [-0.05, 0) is 25.5 Å². The minimum atomic E-state index is -0.583. The van der Waals surface area contributed by atoms with Gasteiger partial charge in [-0.15, -0.1) is 0 Å². The lowest BCUT2D eigenvalue weighted by Gasteiger charge is -2.12. The zero-order chi connectivity index (χ0) is 10.0. The average Bonchev–Trinajstić information content (AvgIpc) is 2.02. The van der Waals surface area contributed by atoms with Gasteiger partial charge in [0.2, 0.25) is 0 Å². The molecule has 0 aliphatic carbocycles. The Morgan fingerprint density at radius 3 is 2.69 bits per heavy atom. The first kappa shape index (κ1) is 11.0. The number of alkyl halides is 1. The Labute approximate surface area is 91.1 Å². The summed E-state index contributed by atoms with van der Waals surface area (Å²) in [6, 6.07) is 1.91. The lowest BCUT2D eigenvalue weighted by atomic mass is 10.1. The summed E-state index contributed by atoms with van der Waals surface area (Å²) in [5, 5.41) is 10.5. The van der Waals surface area contributed by atoms with Gasteiger partial charge in [0.25, 0.3) is 0 Å². The monoisotopic (exact) mass is 263 g/mol. The maximum Gasteiger partial charge on any atom is 0.135 e. The van der Waals surface area contributed by atoms with Gasteiger partial charge in [-0.1, -0.05) is 27.5 Å². The zero-order valence-electron chi connectivity index (χ0n) is 7.51. The SMILES string of the molecule is Cc1cc(C)c(C(O)CBr)c(Cl)n1. The van der Waals surface area contributed by atoms with Gasteiger partial charge < -0.3 is 5.11 Å².